The van der Waals surface area contributed by atoms with Crippen LogP contribution in [0.1, 0.15) is 0 Å². The van der Waals surface area contributed by atoms with Crippen molar-refractivity contribution in [1.29, 1.82) is 0 Å². The lowest BCUT2D eigenvalue weighted by atomic mass is 10.3. The molecule has 3 aromatic rings. The second kappa shape index (κ2) is 7.06. The van der Waals surface area contributed by atoms with Crippen LogP contribution in [-0.4, -0.2) is 33.9 Å². The minimum absolute atomic E-state index is 0.0372. The van der Waals surface area contributed by atoms with E-state index in [1.807, 2.05) is 30.3 Å². The summed E-state index contributed by atoms with van der Waals surface area (Å²) in [6.45, 7) is 0. The molecule has 3 rings (SSSR count). The van der Waals surface area contributed by atoms with Crippen LogP contribution in [0.25, 0.3) is 11.5 Å². The number of amides is 1. The van der Waals surface area contributed by atoms with Crippen LogP contribution in [-0.2, 0) is 4.79 Å². The minimum atomic E-state index is -0.0372. The number of para-hydroxylation sites is 1. The second-order valence-electron chi connectivity index (χ2n) is 4.69. The van der Waals surface area contributed by atoms with E-state index in [9.17, 15) is 4.79 Å². The molecule has 2 aromatic heterocycles. The highest BCUT2D eigenvalue weighted by Crippen LogP contribution is 2.23. The van der Waals surface area contributed by atoms with Gasteiger partial charge in [0.1, 0.15) is 0 Å². The van der Waals surface area contributed by atoms with Crippen molar-refractivity contribution in [3.8, 4) is 11.5 Å². The van der Waals surface area contributed by atoms with Gasteiger partial charge < -0.3 is 9.32 Å². The van der Waals surface area contributed by atoms with Crippen LogP contribution in [0, 0.1) is 0 Å². The first-order chi connectivity index (χ1) is 11.2. The van der Waals surface area contributed by atoms with Gasteiger partial charge in [-0.3, -0.25) is 9.78 Å². The summed E-state index contributed by atoms with van der Waals surface area (Å²) in [7, 11) is 1.74. The molecule has 1 aromatic carbocycles. The van der Waals surface area contributed by atoms with Gasteiger partial charge in [0.05, 0.1) is 5.75 Å². The molecule has 0 spiro atoms. The van der Waals surface area contributed by atoms with Crippen molar-refractivity contribution < 1.29 is 9.21 Å². The Morgan fingerprint density at radius 1 is 1.13 bits per heavy atom. The normalized spacial score (nSPS) is 10.5. The number of hydrogen-bond acceptors (Lipinski definition) is 6. The third-order valence-electron chi connectivity index (χ3n) is 3.17. The standard InChI is InChI=1S/C16H14N4O2S/c1-20(13-5-3-2-4-6-13)14(21)11-23-16-19-18-15(22-16)12-7-9-17-10-8-12/h2-10H,11H2,1H3. The molecule has 6 nitrogen and oxygen atoms in total. The predicted octanol–water partition coefficient (Wildman–Crippen LogP) is 2.89. The Kier molecular flexibility index (Phi) is 4.68. The van der Waals surface area contributed by atoms with Crippen LogP contribution >= 0.6 is 11.8 Å². The lowest BCUT2D eigenvalue weighted by Crippen LogP contribution is -2.27. The summed E-state index contributed by atoms with van der Waals surface area (Å²) in [5.41, 5.74) is 1.65. The third-order valence-corrected chi connectivity index (χ3v) is 3.97. The minimum Gasteiger partial charge on any atom is -0.411 e. The highest BCUT2D eigenvalue weighted by Gasteiger charge is 2.14. The summed E-state index contributed by atoms with van der Waals surface area (Å²) in [6, 6.07) is 13.0. The summed E-state index contributed by atoms with van der Waals surface area (Å²) < 4.78 is 5.55. The zero-order valence-electron chi connectivity index (χ0n) is 12.4. The predicted molar refractivity (Wildman–Crippen MR) is 88.1 cm³/mol. The molecule has 0 bridgehead atoms. The van der Waals surface area contributed by atoms with Gasteiger partial charge in [-0.15, -0.1) is 10.2 Å². The fourth-order valence-electron chi connectivity index (χ4n) is 1.90. The molecule has 0 fully saturated rings. The van der Waals surface area contributed by atoms with E-state index in [1.54, 1.807) is 36.5 Å². The second-order valence-corrected chi connectivity index (χ2v) is 5.61. The number of hydrogen-bond donors (Lipinski definition) is 0. The number of rotatable bonds is 5. The Balaban J connectivity index is 1.61. The molecule has 0 saturated carbocycles. The van der Waals surface area contributed by atoms with E-state index in [1.165, 1.54) is 11.8 Å². The topological polar surface area (TPSA) is 72.1 Å². The van der Waals surface area contributed by atoms with E-state index in [0.717, 1.165) is 11.3 Å². The van der Waals surface area contributed by atoms with Crippen LogP contribution in [0.2, 0.25) is 0 Å². The summed E-state index contributed by atoms with van der Waals surface area (Å²) in [5.74, 6) is 0.604. The molecule has 0 radical (unpaired) electrons. The van der Waals surface area contributed by atoms with Gasteiger partial charge in [0.15, 0.2) is 0 Å². The highest BCUT2D eigenvalue weighted by atomic mass is 32.2. The van der Waals surface area contributed by atoms with Crippen molar-refractivity contribution in [3.05, 3.63) is 54.9 Å². The maximum absolute atomic E-state index is 12.2. The van der Waals surface area contributed by atoms with Crippen LogP contribution in [0.3, 0.4) is 0 Å². The molecule has 0 unspecified atom stereocenters. The van der Waals surface area contributed by atoms with E-state index in [4.69, 9.17) is 4.42 Å². The molecule has 0 aliphatic heterocycles. The number of carbonyl (C=O) groups is 1. The average Bonchev–Trinajstić information content (AvgIpc) is 3.09. The number of thioether (sulfide) groups is 1. The molecule has 23 heavy (non-hydrogen) atoms. The molecular weight excluding hydrogens is 312 g/mol. The van der Waals surface area contributed by atoms with Gasteiger partial charge in [0.2, 0.25) is 11.8 Å². The Morgan fingerprint density at radius 2 is 1.87 bits per heavy atom. The SMILES string of the molecule is CN(C(=O)CSc1nnc(-c2ccncc2)o1)c1ccccc1. The van der Waals surface area contributed by atoms with Gasteiger partial charge in [-0.2, -0.15) is 0 Å². The fourth-order valence-corrected chi connectivity index (χ4v) is 2.57. The molecule has 1 amide bonds. The van der Waals surface area contributed by atoms with Crippen LogP contribution in [0.4, 0.5) is 5.69 Å². The molecule has 116 valence electrons. The highest BCUT2D eigenvalue weighted by molar-refractivity contribution is 7.99. The van der Waals surface area contributed by atoms with Gasteiger partial charge in [-0.1, -0.05) is 30.0 Å². The Morgan fingerprint density at radius 3 is 2.61 bits per heavy atom. The summed E-state index contributed by atoms with van der Waals surface area (Å²) in [6.07, 6.45) is 3.31. The van der Waals surface area contributed by atoms with E-state index < -0.39 is 0 Å². The smallest absolute Gasteiger partial charge is 0.277 e. The van der Waals surface area contributed by atoms with E-state index in [2.05, 4.69) is 15.2 Å². The molecule has 7 heteroatoms. The average molecular weight is 326 g/mol. The molecule has 0 aliphatic rings. The Hall–Kier alpha value is -2.67. The largest absolute Gasteiger partial charge is 0.411 e. The van der Waals surface area contributed by atoms with Gasteiger partial charge >= 0.3 is 0 Å². The van der Waals surface area contributed by atoms with Crippen molar-refractivity contribution in [2.45, 2.75) is 5.22 Å². The molecule has 0 atom stereocenters. The maximum Gasteiger partial charge on any atom is 0.277 e. The number of pyridine rings is 1. The Labute approximate surface area is 137 Å². The monoisotopic (exact) mass is 326 g/mol. The van der Waals surface area contributed by atoms with Crippen molar-refractivity contribution in [3.63, 3.8) is 0 Å². The number of benzene rings is 1. The van der Waals surface area contributed by atoms with Gasteiger partial charge in [0, 0.05) is 30.7 Å². The maximum atomic E-state index is 12.2. The van der Waals surface area contributed by atoms with Gasteiger partial charge in [-0.25, -0.2) is 0 Å². The van der Waals surface area contributed by atoms with Crippen LogP contribution in [0.5, 0.6) is 0 Å². The zero-order chi connectivity index (χ0) is 16.1. The van der Waals surface area contributed by atoms with E-state index >= 15 is 0 Å². The molecular formula is C16H14N4O2S. The fraction of sp³-hybridized carbons (Fsp3) is 0.125. The number of aromatic nitrogens is 3. The number of carbonyl (C=O) groups excluding carboxylic acids is 1. The van der Waals surface area contributed by atoms with Crippen molar-refractivity contribution in [2.75, 3.05) is 17.7 Å². The van der Waals surface area contributed by atoms with E-state index in [0.29, 0.717) is 11.1 Å². The first-order valence-corrected chi connectivity index (χ1v) is 7.91. The Bertz CT molecular complexity index is 777. The lowest BCUT2D eigenvalue weighted by molar-refractivity contribution is -0.115. The lowest BCUT2D eigenvalue weighted by Gasteiger charge is -2.16. The first kappa shape index (κ1) is 15.2. The van der Waals surface area contributed by atoms with Crippen molar-refractivity contribution >= 4 is 23.4 Å². The van der Waals surface area contributed by atoms with Gasteiger partial charge in [0.25, 0.3) is 5.22 Å². The number of nitrogens with zero attached hydrogens (tertiary/aromatic N) is 4. The van der Waals surface area contributed by atoms with Crippen LogP contribution < -0.4 is 4.90 Å². The quantitative estimate of drug-likeness (QED) is 0.671. The zero-order valence-corrected chi connectivity index (χ0v) is 13.2. The third kappa shape index (κ3) is 3.75. The van der Waals surface area contributed by atoms with Crippen molar-refractivity contribution in [1.82, 2.24) is 15.2 Å². The van der Waals surface area contributed by atoms with Gasteiger partial charge in [-0.05, 0) is 24.3 Å². The van der Waals surface area contributed by atoms with E-state index in [-0.39, 0.29) is 11.7 Å². The summed E-state index contributed by atoms with van der Waals surface area (Å²) in [4.78, 5) is 17.7. The number of anilines is 1. The molecule has 0 N–H and O–H groups in total. The van der Waals surface area contributed by atoms with Crippen molar-refractivity contribution in [2.24, 2.45) is 0 Å². The summed E-state index contributed by atoms with van der Waals surface area (Å²) >= 11 is 1.22. The molecule has 0 aliphatic carbocycles. The first-order valence-electron chi connectivity index (χ1n) is 6.92. The molecule has 2 heterocycles. The summed E-state index contributed by atoms with van der Waals surface area (Å²) in [5, 5.41) is 8.30. The van der Waals surface area contributed by atoms with Crippen LogP contribution in [0.15, 0.2) is 64.5 Å². The molecule has 0 saturated heterocycles.